The minimum absolute atomic E-state index is 0.00154. The maximum Gasteiger partial charge on any atom is 0.224 e. The second-order valence-corrected chi connectivity index (χ2v) is 5.70. The quantitative estimate of drug-likeness (QED) is 0.895. The van der Waals surface area contributed by atoms with Gasteiger partial charge in [0.05, 0.1) is 6.42 Å². The Kier molecular flexibility index (Phi) is 5.53. The van der Waals surface area contributed by atoms with E-state index in [2.05, 4.69) is 17.1 Å². The van der Waals surface area contributed by atoms with Gasteiger partial charge < -0.3 is 10.2 Å². The van der Waals surface area contributed by atoms with Crippen LogP contribution in [0.2, 0.25) is 0 Å². The molecule has 0 aromatic heterocycles. The van der Waals surface area contributed by atoms with Crippen LogP contribution in [0.5, 0.6) is 0 Å². The Bertz CT molecular complexity index is 433. The Morgan fingerprint density at radius 1 is 1.40 bits per heavy atom. The van der Waals surface area contributed by atoms with Crippen LogP contribution in [0.25, 0.3) is 0 Å². The van der Waals surface area contributed by atoms with Gasteiger partial charge in [-0.3, -0.25) is 4.79 Å². The molecule has 1 amide bonds. The van der Waals surface area contributed by atoms with Crippen LogP contribution >= 0.6 is 0 Å². The van der Waals surface area contributed by atoms with E-state index in [0.29, 0.717) is 13.0 Å². The molecule has 1 aromatic rings. The second-order valence-electron chi connectivity index (χ2n) is 5.70. The fourth-order valence-corrected chi connectivity index (χ4v) is 2.69. The van der Waals surface area contributed by atoms with E-state index in [1.54, 1.807) is 12.1 Å². The van der Waals surface area contributed by atoms with Gasteiger partial charge in [0.1, 0.15) is 5.82 Å². The third kappa shape index (κ3) is 4.93. The molecule has 3 nitrogen and oxygen atoms in total. The molecule has 4 heteroatoms. The molecule has 20 heavy (non-hydrogen) atoms. The van der Waals surface area contributed by atoms with Crippen LogP contribution in [0.3, 0.4) is 0 Å². The number of nitrogens with one attached hydrogen (secondary N) is 1. The fraction of sp³-hybridized carbons (Fsp3) is 0.562. The van der Waals surface area contributed by atoms with Crippen molar-refractivity contribution in [1.82, 2.24) is 10.2 Å². The van der Waals surface area contributed by atoms with Crippen LogP contribution in [-0.4, -0.2) is 37.0 Å². The van der Waals surface area contributed by atoms with Crippen molar-refractivity contribution >= 4 is 5.91 Å². The molecule has 1 aliphatic heterocycles. The summed E-state index contributed by atoms with van der Waals surface area (Å²) in [6.45, 7) is 6.15. The van der Waals surface area contributed by atoms with Crippen molar-refractivity contribution in [3.05, 3.63) is 35.6 Å². The summed E-state index contributed by atoms with van der Waals surface area (Å²) in [5.41, 5.74) is 0.843. The Balaban J connectivity index is 1.66. The number of halogens is 1. The average Bonchev–Trinajstić information content (AvgIpc) is 2.41. The van der Waals surface area contributed by atoms with E-state index < -0.39 is 0 Å². The highest BCUT2D eigenvalue weighted by Gasteiger charge is 2.15. The van der Waals surface area contributed by atoms with Crippen molar-refractivity contribution in [2.75, 3.05) is 26.2 Å². The van der Waals surface area contributed by atoms with Gasteiger partial charge in [0.2, 0.25) is 5.91 Å². The Morgan fingerprint density at radius 2 is 2.15 bits per heavy atom. The molecule has 0 aliphatic carbocycles. The van der Waals surface area contributed by atoms with Crippen LogP contribution < -0.4 is 5.32 Å². The van der Waals surface area contributed by atoms with E-state index in [1.807, 2.05) is 0 Å². The number of hydrogen-bond donors (Lipinski definition) is 1. The van der Waals surface area contributed by atoms with Gasteiger partial charge in [-0.25, -0.2) is 4.39 Å². The van der Waals surface area contributed by atoms with Crippen molar-refractivity contribution in [1.29, 1.82) is 0 Å². The van der Waals surface area contributed by atoms with Crippen molar-refractivity contribution in [2.45, 2.75) is 26.2 Å². The van der Waals surface area contributed by atoms with Crippen molar-refractivity contribution in [3.8, 4) is 0 Å². The van der Waals surface area contributed by atoms with Gasteiger partial charge in [-0.15, -0.1) is 0 Å². The minimum Gasteiger partial charge on any atom is -0.355 e. The molecule has 0 bridgehead atoms. The molecule has 0 radical (unpaired) electrons. The molecule has 0 unspecified atom stereocenters. The molecular weight excluding hydrogens is 255 g/mol. The van der Waals surface area contributed by atoms with E-state index in [9.17, 15) is 9.18 Å². The monoisotopic (exact) mass is 278 g/mol. The molecule has 1 N–H and O–H groups in total. The Morgan fingerprint density at radius 3 is 2.85 bits per heavy atom. The molecule has 1 heterocycles. The predicted octanol–water partition coefficient (Wildman–Crippen LogP) is 2.22. The summed E-state index contributed by atoms with van der Waals surface area (Å²) in [6.07, 6.45) is 2.88. The lowest BCUT2D eigenvalue weighted by molar-refractivity contribution is -0.120. The zero-order chi connectivity index (χ0) is 14.4. The number of benzene rings is 1. The van der Waals surface area contributed by atoms with E-state index >= 15 is 0 Å². The predicted molar refractivity (Wildman–Crippen MR) is 78.0 cm³/mol. The lowest BCUT2D eigenvalue weighted by Gasteiger charge is -2.30. The highest BCUT2D eigenvalue weighted by Crippen LogP contribution is 2.14. The largest absolute Gasteiger partial charge is 0.355 e. The van der Waals surface area contributed by atoms with E-state index in [1.165, 1.54) is 25.0 Å². The lowest BCUT2D eigenvalue weighted by atomic mass is 10.0. The van der Waals surface area contributed by atoms with Crippen molar-refractivity contribution in [2.24, 2.45) is 5.92 Å². The average molecular weight is 278 g/mol. The van der Waals surface area contributed by atoms with Crippen LogP contribution in [0, 0.1) is 11.7 Å². The van der Waals surface area contributed by atoms with Gasteiger partial charge in [-0.1, -0.05) is 19.1 Å². The summed E-state index contributed by atoms with van der Waals surface area (Å²) in [5.74, 6) is 0.494. The van der Waals surface area contributed by atoms with Crippen LogP contribution in [0.4, 0.5) is 4.39 Å². The van der Waals surface area contributed by atoms with Crippen LogP contribution in [0.15, 0.2) is 24.3 Å². The molecule has 1 aliphatic rings. The lowest BCUT2D eigenvalue weighted by Crippen LogP contribution is -2.40. The molecule has 2 rings (SSSR count). The summed E-state index contributed by atoms with van der Waals surface area (Å²) in [4.78, 5) is 14.2. The topological polar surface area (TPSA) is 32.3 Å². The Labute approximate surface area is 120 Å². The smallest absolute Gasteiger partial charge is 0.224 e. The molecule has 110 valence electrons. The molecule has 1 fully saturated rings. The molecule has 1 saturated heterocycles. The summed E-state index contributed by atoms with van der Waals surface area (Å²) in [5, 5.41) is 2.93. The molecular formula is C16H23FN2O. The number of hydrogen-bond acceptors (Lipinski definition) is 2. The van der Waals surface area contributed by atoms with E-state index in [-0.39, 0.29) is 11.7 Å². The third-order valence-corrected chi connectivity index (χ3v) is 3.77. The first-order valence-corrected chi connectivity index (χ1v) is 7.37. The Hall–Kier alpha value is -1.42. The first-order valence-electron chi connectivity index (χ1n) is 7.37. The fourth-order valence-electron chi connectivity index (χ4n) is 2.69. The van der Waals surface area contributed by atoms with E-state index in [0.717, 1.165) is 31.1 Å². The zero-order valence-corrected chi connectivity index (χ0v) is 12.1. The van der Waals surface area contributed by atoms with Gasteiger partial charge in [0.25, 0.3) is 0 Å². The van der Waals surface area contributed by atoms with Gasteiger partial charge in [-0.05, 0) is 43.0 Å². The number of likely N-dealkylation sites (tertiary alicyclic amines) is 1. The zero-order valence-electron chi connectivity index (χ0n) is 12.1. The second kappa shape index (κ2) is 7.39. The molecule has 0 spiro atoms. The maximum absolute atomic E-state index is 12.8. The summed E-state index contributed by atoms with van der Waals surface area (Å²) in [6, 6.07) is 6.08. The van der Waals surface area contributed by atoms with Crippen molar-refractivity contribution in [3.63, 3.8) is 0 Å². The first-order chi connectivity index (χ1) is 9.63. The first kappa shape index (κ1) is 15.0. The minimum atomic E-state index is -0.270. The summed E-state index contributed by atoms with van der Waals surface area (Å²) < 4.78 is 12.8. The normalized spacial score (nSPS) is 19.8. The summed E-state index contributed by atoms with van der Waals surface area (Å²) in [7, 11) is 0. The van der Waals surface area contributed by atoms with E-state index in [4.69, 9.17) is 0 Å². The number of piperidine rings is 1. The van der Waals surface area contributed by atoms with Gasteiger partial charge >= 0.3 is 0 Å². The van der Waals surface area contributed by atoms with Gasteiger partial charge in [-0.2, -0.15) is 0 Å². The number of amides is 1. The standard InChI is InChI=1S/C16H23FN2O/c1-13-3-2-9-19(12-13)10-8-18-16(20)11-14-4-6-15(17)7-5-14/h4-7,13H,2-3,8-12H2,1H3,(H,18,20)/t13-/m0/s1. The van der Waals surface area contributed by atoms with Crippen LogP contribution in [0.1, 0.15) is 25.3 Å². The highest BCUT2D eigenvalue weighted by molar-refractivity contribution is 5.78. The SMILES string of the molecule is C[C@H]1CCCN(CCNC(=O)Cc2ccc(F)cc2)C1. The van der Waals surface area contributed by atoms with Gasteiger partial charge in [0.15, 0.2) is 0 Å². The van der Waals surface area contributed by atoms with Crippen molar-refractivity contribution < 1.29 is 9.18 Å². The molecule has 1 aromatic carbocycles. The maximum atomic E-state index is 12.8. The number of rotatable bonds is 5. The number of carbonyl (C=O) groups excluding carboxylic acids is 1. The van der Waals surface area contributed by atoms with Crippen LogP contribution in [-0.2, 0) is 11.2 Å². The summed E-state index contributed by atoms with van der Waals surface area (Å²) >= 11 is 0. The molecule has 1 atom stereocenters. The van der Waals surface area contributed by atoms with Gasteiger partial charge in [0, 0.05) is 19.6 Å². The molecule has 0 saturated carbocycles. The highest BCUT2D eigenvalue weighted by atomic mass is 19.1. The number of nitrogens with zero attached hydrogens (tertiary/aromatic N) is 1. The third-order valence-electron chi connectivity index (χ3n) is 3.77. The number of carbonyl (C=O) groups is 1.